The summed E-state index contributed by atoms with van der Waals surface area (Å²) in [6, 6.07) is 0. The van der Waals surface area contributed by atoms with Gasteiger partial charge in [0.25, 0.3) is 0 Å². The second-order valence-corrected chi connectivity index (χ2v) is 5.77. The van der Waals surface area contributed by atoms with E-state index >= 15 is 0 Å². The number of hydrogen-bond acceptors (Lipinski definition) is 2. The van der Waals surface area contributed by atoms with E-state index in [4.69, 9.17) is 0 Å². The van der Waals surface area contributed by atoms with E-state index in [9.17, 15) is 4.79 Å². The summed E-state index contributed by atoms with van der Waals surface area (Å²) in [5.74, 6) is 1.38. The number of carbonyl (C=O) groups excluding carboxylic acids is 1. The molecule has 1 unspecified atom stereocenters. The van der Waals surface area contributed by atoms with Gasteiger partial charge in [0.15, 0.2) is 0 Å². The molecule has 1 spiro atoms. The smallest absolute Gasteiger partial charge is 0.244 e. The van der Waals surface area contributed by atoms with Crippen molar-refractivity contribution < 1.29 is 4.79 Å². The largest absolute Gasteiger partial charge is 0.325 e. The summed E-state index contributed by atoms with van der Waals surface area (Å²) in [5.41, 5.74) is -0.149. The molecule has 0 radical (unpaired) electrons. The van der Waals surface area contributed by atoms with Gasteiger partial charge in [-0.1, -0.05) is 27.7 Å². The highest BCUT2D eigenvalue weighted by atomic mass is 16.2. The Bertz CT molecular complexity index is 269. The molecule has 3 nitrogen and oxygen atoms in total. The van der Waals surface area contributed by atoms with Gasteiger partial charge in [-0.3, -0.25) is 10.1 Å². The maximum atomic E-state index is 12.2. The van der Waals surface area contributed by atoms with E-state index < -0.39 is 0 Å². The minimum absolute atomic E-state index is 0.149. The van der Waals surface area contributed by atoms with Gasteiger partial charge in [0.05, 0.1) is 11.7 Å². The highest BCUT2D eigenvalue weighted by Crippen LogP contribution is 2.43. The van der Waals surface area contributed by atoms with Crippen molar-refractivity contribution in [3.63, 3.8) is 0 Å². The zero-order valence-corrected chi connectivity index (χ0v) is 10.2. The van der Waals surface area contributed by atoms with Crippen LogP contribution in [0, 0.1) is 11.8 Å². The summed E-state index contributed by atoms with van der Waals surface area (Å²) in [6.07, 6.45) is 2.32. The van der Waals surface area contributed by atoms with Gasteiger partial charge in [-0.05, 0) is 24.7 Å². The number of nitrogens with one attached hydrogen (secondary N) is 1. The van der Waals surface area contributed by atoms with Crippen LogP contribution in [-0.2, 0) is 4.79 Å². The number of carbonyl (C=O) groups is 1. The molecular formula is C12H22N2O. The molecule has 2 fully saturated rings. The summed E-state index contributed by atoms with van der Waals surface area (Å²) in [5, 5.41) is 3.52. The van der Waals surface area contributed by atoms with Crippen molar-refractivity contribution in [1.82, 2.24) is 10.2 Å². The van der Waals surface area contributed by atoms with E-state index in [1.165, 1.54) is 0 Å². The molecule has 86 valence electrons. The van der Waals surface area contributed by atoms with Gasteiger partial charge in [-0.25, -0.2) is 0 Å². The molecule has 3 heteroatoms. The van der Waals surface area contributed by atoms with Gasteiger partial charge < -0.3 is 4.90 Å². The van der Waals surface area contributed by atoms with Gasteiger partial charge in [0, 0.05) is 6.54 Å². The minimum Gasteiger partial charge on any atom is -0.325 e. The van der Waals surface area contributed by atoms with Crippen molar-refractivity contribution in [3.8, 4) is 0 Å². The Labute approximate surface area is 92.2 Å². The lowest BCUT2D eigenvalue weighted by atomic mass is 10.1. The summed E-state index contributed by atoms with van der Waals surface area (Å²) in [6.45, 7) is 9.58. The van der Waals surface area contributed by atoms with Crippen LogP contribution in [0.3, 0.4) is 0 Å². The lowest BCUT2D eigenvalue weighted by molar-refractivity contribution is -0.131. The van der Waals surface area contributed by atoms with E-state index in [0.717, 1.165) is 19.4 Å². The van der Waals surface area contributed by atoms with E-state index in [0.29, 0.717) is 17.7 Å². The van der Waals surface area contributed by atoms with Gasteiger partial charge in [-0.15, -0.1) is 0 Å². The Balaban J connectivity index is 2.13. The molecule has 1 heterocycles. The number of amides is 1. The maximum Gasteiger partial charge on any atom is 0.244 e. The van der Waals surface area contributed by atoms with E-state index in [-0.39, 0.29) is 11.7 Å². The Morgan fingerprint density at radius 2 is 2.00 bits per heavy atom. The third-order valence-corrected chi connectivity index (χ3v) is 3.37. The number of hydrogen-bond donors (Lipinski definition) is 1. The van der Waals surface area contributed by atoms with Crippen LogP contribution in [-0.4, -0.2) is 29.1 Å². The van der Waals surface area contributed by atoms with E-state index in [1.54, 1.807) is 0 Å². The third kappa shape index (κ3) is 1.78. The molecule has 1 aliphatic heterocycles. The number of rotatable bonds is 3. The number of nitrogens with zero attached hydrogens (tertiary/aromatic N) is 1. The van der Waals surface area contributed by atoms with Crippen LogP contribution in [0.15, 0.2) is 0 Å². The van der Waals surface area contributed by atoms with Crippen LogP contribution < -0.4 is 5.32 Å². The highest BCUT2D eigenvalue weighted by molar-refractivity contribution is 5.91. The zero-order chi connectivity index (χ0) is 11.2. The molecule has 15 heavy (non-hydrogen) atoms. The second kappa shape index (κ2) is 3.48. The molecule has 0 bridgehead atoms. The Morgan fingerprint density at radius 3 is 2.40 bits per heavy atom. The molecule has 2 rings (SSSR count). The molecule has 1 saturated carbocycles. The van der Waals surface area contributed by atoms with Crippen molar-refractivity contribution in [2.45, 2.75) is 52.2 Å². The predicted octanol–water partition coefficient (Wildman–Crippen LogP) is 1.59. The highest BCUT2D eigenvalue weighted by Gasteiger charge is 2.59. The normalized spacial score (nSPS) is 28.5. The fourth-order valence-electron chi connectivity index (χ4n) is 2.42. The maximum absolute atomic E-state index is 12.2. The summed E-state index contributed by atoms with van der Waals surface area (Å²) in [4.78, 5) is 14.3. The van der Waals surface area contributed by atoms with Crippen LogP contribution in [0.25, 0.3) is 0 Å². The SMILES string of the molecule is CC(C)CN1C(=O)C2(CC2)NC1C(C)C. The fourth-order valence-corrected chi connectivity index (χ4v) is 2.42. The average Bonchev–Trinajstić information content (AvgIpc) is 2.85. The summed E-state index contributed by atoms with van der Waals surface area (Å²) >= 11 is 0. The minimum atomic E-state index is -0.149. The van der Waals surface area contributed by atoms with Gasteiger partial charge >= 0.3 is 0 Å². The van der Waals surface area contributed by atoms with Crippen molar-refractivity contribution in [3.05, 3.63) is 0 Å². The molecule has 1 N–H and O–H groups in total. The van der Waals surface area contributed by atoms with Crippen molar-refractivity contribution >= 4 is 5.91 Å². The van der Waals surface area contributed by atoms with Crippen LogP contribution in [0.2, 0.25) is 0 Å². The van der Waals surface area contributed by atoms with Crippen molar-refractivity contribution in [2.75, 3.05) is 6.54 Å². The summed E-state index contributed by atoms with van der Waals surface area (Å²) < 4.78 is 0. The molecule has 1 atom stereocenters. The molecule has 0 aromatic rings. The Hall–Kier alpha value is -0.570. The zero-order valence-electron chi connectivity index (χ0n) is 10.2. The second-order valence-electron chi connectivity index (χ2n) is 5.77. The average molecular weight is 210 g/mol. The third-order valence-electron chi connectivity index (χ3n) is 3.37. The van der Waals surface area contributed by atoms with Crippen molar-refractivity contribution in [2.24, 2.45) is 11.8 Å². The van der Waals surface area contributed by atoms with Crippen LogP contribution in [0.1, 0.15) is 40.5 Å². The van der Waals surface area contributed by atoms with Gasteiger partial charge in [0.2, 0.25) is 5.91 Å². The first-order valence-corrected chi connectivity index (χ1v) is 6.05. The van der Waals surface area contributed by atoms with E-state index in [1.807, 2.05) is 0 Å². The summed E-state index contributed by atoms with van der Waals surface area (Å²) in [7, 11) is 0. The first kappa shape index (κ1) is 10.9. The standard InChI is InChI=1S/C12H22N2O/c1-8(2)7-14-10(9(3)4)13-12(5-6-12)11(14)15/h8-10,13H,5-7H2,1-4H3. The monoisotopic (exact) mass is 210 g/mol. The Kier molecular flexibility index (Phi) is 2.53. The molecule has 0 aromatic carbocycles. The van der Waals surface area contributed by atoms with Gasteiger partial charge in [-0.2, -0.15) is 0 Å². The molecule has 1 saturated heterocycles. The lowest BCUT2D eigenvalue weighted by Gasteiger charge is -2.28. The topological polar surface area (TPSA) is 32.3 Å². The molecule has 1 aliphatic carbocycles. The van der Waals surface area contributed by atoms with E-state index in [2.05, 4.69) is 37.9 Å². The van der Waals surface area contributed by atoms with Crippen LogP contribution >= 0.6 is 0 Å². The quantitative estimate of drug-likeness (QED) is 0.767. The molecule has 1 amide bonds. The van der Waals surface area contributed by atoms with Crippen LogP contribution in [0.5, 0.6) is 0 Å². The Morgan fingerprint density at radius 1 is 1.40 bits per heavy atom. The molecular weight excluding hydrogens is 188 g/mol. The lowest BCUT2D eigenvalue weighted by Crippen LogP contribution is -2.43. The van der Waals surface area contributed by atoms with Gasteiger partial charge in [0.1, 0.15) is 0 Å². The molecule has 0 aromatic heterocycles. The fraction of sp³-hybridized carbons (Fsp3) is 0.917. The first-order chi connectivity index (χ1) is 6.96. The first-order valence-electron chi connectivity index (χ1n) is 6.05. The van der Waals surface area contributed by atoms with Crippen LogP contribution in [0.4, 0.5) is 0 Å². The molecule has 2 aliphatic rings. The predicted molar refractivity (Wildman–Crippen MR) is 60.3 cm³/mol. The van der Waals surface area contributed by atoms with Crippen molar-refractivity contribution in [1.29, 1.82) is 0 Å².